The Morgan fingerprint density at radius 2 is 1.43 bits per heavy atom. The molecule has 0 saturated heterocycles. The minimum Gasteiger partial charge on any atom is -0.283 e. The molecule has 1 amide bonds. The number of thiazole rings is 1. The smallest absolute Gasteiger partial charge is 0.241 e. The van der Waals surface area contributed by atoms with E-state index in [1.54, 1.807) is 11.0 Å². The van der Waals surface area contributed by atoms with Gasteiger partial charge in [0, 0.05) is 17.5 Å². The Bertz CT molecular complexity index is 1070. The molecule has 1 heterocycles. The van der Waals surface area contributed by atoms with E-state index < -0.39 is 5.92 Å². The van der Waals surface area contributed by atoms with Crippen LogP contribution in [0.4, 0.5) is 5.13 Å². The van der Waals surface area contributed by atoms with Crippen LogP contribution in [-0.2, 0) is 4.79 Å². The summed E-state index contributed by atoms with van der Waals surface area (Å²) in [5.74, 6) is -0.419. The molecule has 0 radical (unpaired) electrons. The van der Waals surface area contributed by atoms with Crippen LogP contribution in [0.5, 0.6) is 0 Å². The monoisotopic (exact) mass is 410 g/mol. The van der Waals surface area contributed by atoms with Crippen molar-refractivity contribution < 1.29 is 4.79 Å². The summed E-state index contributed by atoms with van der Waals surface area (Å²) >= 11 is 1.47. The number of rotatable bonds is 7. The Morgan fingerprint density at radius 3 is 1.97 bits per heavy atom. The highest BCUT2D eigenvalue weighted by Crippen LogP contribution is 2.32. The van der Waals surface area contributed by atoms with E-state index in [9.17, 15) is 4.79 Å². The van der Waals surface area contributed by atoms with Crippen LogP contribution in [0.3, 0.4) is 0 Å². The topological polar surface area (TPSA) is 33.2 Å². The number of hydrogen-bond acceptors (Lipinski definition) is 3. The minimum absolute atomic E-state index is 0.0127. The number of hydrogen-bond donors (Lipinski definition) is 0. The minimum atomic E-state index is -0.406. The van der Waals surface area contributed by atoms with Crippen LogP contribution in [0, 0.1) is 0 Å². The van der Waals surface area contributed by atoms with Gasteiger partial charge in [-0.15, -0.1) is 17.9 Å². The van der Waals surface area contributed by atoms with Crippen molar-refractivity contribution in [1.29, 1.82) is 0 Å². The molecule has 0 fully saturated rings. The fourth-order valence-electron chi connectivity index (χ4n) is 3.45. The Labute approximate surface area is 181 Å². The fraction of sp³-hybridized carbons (Fsp3) is 0.0769. The van der Waals surface area contributed by atoms with Gasteiger partial charge in [-0.1, -0.05) is 97.1 Å². The number of carbonyl (C=O) groups is 1. The van der Waals surface area contributed by atoms with Crippen molar-refractivity contribution in [3.8, 4) is 11.3 Å². The molecular weight excluding hydrogens is 388 g/mol. The molecule has 0 bridgehead atoms. The normalized spacial score (nSPS) is 10.7. The van der Waals surface area contributed by atoms with Gasteiger partial charge in [-0.2, -0.15) is 0 Å². The molecule has 0 unspecified atom stereocenters. The first-order chi connectivity index (χ1) is 14.8. The summed E-state index contributed by atoms with van der Waals surface area (Å²) in [6, 6.07) is 29.8. The molecule has 1 aromatic heterocycles. The molecule has 0 spiro atoms. The molecule has 0 aliphatic carbocycles. The molecule has 30 heavy (non-hydrogen) atoms. The zero-order valence-electron chi connectivity index (χ0n) is 16.5. The first-order valence-corrected chi connectivity index (χ1v) is 10.7. The van der Waals surface area contributed by atoms with E-state index in [1.165, 1.54) is 11.3 Å². The lowest BCUT2D eigenvalue weighted by atomic mass is 9.90. The highest BCUT2D eigenvalue weighted by atomic mass is 32.1. The van der Waals surface area contributed by atoms with Gasteiger partial charge >= 0.3 is 0 Å². The third-order valence-corrected chi connectivity index (χ3v) is 5.75. The Hall–Kier alpha value is -3.50. The van der Waals surface area contributed by atoms with Crippen LogP contribution in [0.15, 0.2) is 109 Å². The Morgan fingerprint density at radius 1 is 0.900 bits per heavy atom. The van der Waals surface area contributed by atoms with E-state index in [4.69, 9.17) is 4.98 Å². The van der Waals surface area contributed by atoms with Crippen LogP contribution in [0.2, 0.25) is 0 Å². The molecule has 148 valence electrons. The molecule has 0 aliphatic heterocycles. The highest BCUT2D eigenvalue weighted by molar-refractivity contribution is 7.14. The zero-order chi connectivity index (χ0) is 20.8. The summed E-state index contributed by atoms with van der Waals surface area (Å²) in [7, 11) is 0. The molecule has 0 N–H and O–H groups in total. The van der Waals surface area contributed by atoms with Crippen molar-refractivity contribution in [1.82, 2.24) is 4.98 Å². The van der Waals surface area contributed by atoms with Crippen molar-refractivity contribution in [2.75, 3.05) is 11.4 Å². The van der Waals surface area contributed by atoms with Gasteiger partial charge < -0.3 is 0 Å². The lowest BCUT2D eigenvalue weighted by molar-refractivity contribution is -0.119. The summed E-state index contributed by atoms with van der Waals surface area (Å²) in [4.78, 5) is 20.3. The predicted molar refractivity (Wildman–Crippen MR) is 125 cm³/mol. The molecule has 3 aromatic carbocycles. The first-order valence-electron chi connectivity index (χ1n) is 9.81. The van der Waals surface area contributed by atoms with Gasteiger partial charge in [0.25, 0.3) is 0 Å². The maximum Gasteiger partial charge on any atom is 0.241 e. The standard InChI is InChI=1S/C26H22N2OS/c1-2-18-28(26-27-23(19-30-26)20-12-6-3-7-13-20)25(29)24(21-14-8-4-9-15-21)22-16-10-5-11-17-22/h2-17,19,24H,1,18H2. The van der Waals surface area contributed by atoms with Gasteiger partial charge in [-0.05, 0) is 11.1 Å². The lowest BCUT2D eigenvalue weighted by Crippen LogP contribution is -2.35. The van der Waals surface area contributed by atoms with Crippen LogP contribution in [0.25, 0.3) is 11.3 Å². The molecule has 4 heteroatoms. The van der Waals surface area contributed by atoms with E-state index in [1.807, 2.05) is 96.4 Å². The maximum atomic E-state index is 13.8. The maximum absolute atomic E-state index is 13.8. The second-order valence-electron chi connectivity index (χ2n) is 6.87. The summed E-state index contributed by atoms with van der Waals surface area (Å²) in [6.07, 6.45) is 1.74. The predicted octanol–water partition coefficient (Wildman–Crippen LogP) is 6.16. The van der Waals surface area contributed by atoms with Crippen LogP contribution in [-0.4, -0.2) is 17.4 Å². The summed E-state index contributed by atoms with van der Waals surface area (Å²) in [5.41, 5.74) is 3.83. The van der Waals surface area contributed by atoms with E-state index in [2.05, 4.69) is 6.58 Å². The number of anilines is 1. The van der Waals surface area contributed by atoms with Crippen LogP contribution in [0.1, 0.15) is 17.0 Å². The van der Waals surface area contributed by atoms with E-state index in [0.29, 0.717) is 11.7 Å². The van der Waals surface area contributed by atoms with Crippen molar-refractivity contribution >= 4 is 22.4 Å². The molecular formula is C26H22N2OS. The lowest BCUT2D eigenvalue weighted by Gasteiger charge is -2.25. The summed E-state index contributed by atoms with van der Waals surface area (Å²) in [5, 5.41) is 2.67. The largest absolute Gasteiger partial charge is 0.283 e. The van der Waals surface area contributed by atoms with Gasteiger partial charge in [-0.25, -0.2) is 4.98 Å². The first kappa shape index (κ1) is 19.8. The molecule has 4 aromatic rings. The second-order valence-corrected chi connectivity index (χ2v) is 7.71. The number of amides is 1. The summed E-state index contributed by atoms with van der Waals surface area (Å²) < 4.78 is 0. The molecule has 0 aliphatic rings. The van der Waals surface area contributed by atoms with Crippen LogP contribution >= 0.6 is 11.3 Å². The number of benzene rings is 3. The zero-order valence-corrected chi connectivity index (χ0v) is 17.3. The second kappa shape index (κ2) is 9.33. The molecule has 0 atom stereocenters. The number of carbonyl (C=O) groups excluding carboxylic acids is 1. The molecule has 0 saturated carbocycles. The quantitative estimate of drug-likeness (QED) is 0.342. The van der Waals surface area contributed by atoms with Gasteiger partial charge in [-0.3, -0.25) is 9.69 Å². The molecule has 3 nitrogen and oxygen atoms in total. The third kappa shape index (κ3) is 4.24. The average molecular weight is 411 g/mol. The number of aromatic nitrogens is 1. The van der Waals surface area contributed by atoms with Gasteiger partial charge in [0.15, 0.2) is 5.13 Å². The third-order valence-electron chi connectivity index (χ3n) is 4.88. The number of nitrogens with zero attached hydrogens (tertiary/aromatic N) is 2. The van der Waals surface area contributed by atoms with E-state index in [-0.39, 0.29) is 5.91 Å². The van der Waals surface area contributed by atoms with E-state index >= 15 is 0 Å². The average Bonchev–Trinajstić information content (AvgIpc) is 3.29. The molecule has 4 rings (SSSR count). The van der Waals surface area contributed by atoms with Crippen molar-refractivity contribution in [2.24, 2.45) is 0 Å². The fourth-order valence-corrected chi connectivity index (χ4v) is 4.29. The SMILES string of the molecule is C=CCN(C(=O)C(c1ccccc1)c1ccccc1)c1nc(-c2ccccc2)cs1. The highest BCUT2D eigenvalue weighted by Gasteiger charge is 2.29. The van der Waals surface area contributed by atoms with E-state index in [0.717, 1.165) is 22.4 Å². The Balaban J connectivity index is 1.73. The van der Waals surface area contributed by atoms with Crippen LogP contribution < -0.4 is 4.90 Å². The van der Waals surface area contributed by atoms with Gasteiger partial charge in [0.2, 0.25) is 5.91 Å². The Kier molecular flexibility index (Phi) is 6.16. The summed E-state index contributed by atoms with van der Waals surface area (Å²) in [6.45, 7) is 4.26. The van der Waals surface area contributed by atoms with Crippen molar-refractivity contribution in [3.63, 3.8) is 0 Å². The van der Waals surface area contributed by atoms with Gasteiger partial charge in [0.05, 0.1) is 11.6 Å². The van der Waals surface area contributed by atoms with Gasteiger partial charge in [0.1, 0.15) is 0 Å². The van der Waals surface area contributed by atoms with Crippen molar-refractivity contribution in [3.05, 3.63) is 120 Å². The van der Waals surface area contributed by atoms with Crippen molar-refractivity contribution in [2.45, 2.75) is 5.92 Å².